The van der Waals surface area contributed by atoms with Crippen molar-refractivity contribution < 1.29 is 14.3 Å². The Morgan fingerprint density at radius 2 is 1.92 bits per heavy atom. The van der Waals surface area contributed by atoms with Crippen LogP contribution in [0.25, 0.3) is 11.0 Å². The summed E-state index contributed by atoms with van der Waals surface area (Å²) in [5.41, 5.74) is 2.66. The quantitative estimate of drug-likeness (QED) is 0.672. The molecule has 1 aromatic carbocycles. The van der Waals surface area contributed by atoms with Gasteiger partial charge in [-0.15, -0.1) is 0 Å². The van der Waals surface area contributed by atoms with Gasteiger partial charge in [0.1, 0.15) is 5.58 Å². The maximum Gasteiger partial charge on any atom is 0.226 e. The van der Waals surface area contributed by atoms with Gasteiger partial charge in [-0.25, -0.2) is 4.31 Å². The number of hydrogen-bond donors (Lipinski definition) is 1. The van der Waals surface area contributed by atoms with Crippen molar-refractivity contribution in [3.63, 3.8) is 0 Å². The predicted molar refractivity (Wildman–Crippen MR) is 98.2 cm³/mol. The smallest absolute Gasteiger partial charge is 0.226 e. The van der Waals surface area contributed by atoms with E-state index in [1.807, 2.05) is 17.0 Å². The fourth-order valence-electron chi connectivity index (χ4n) is 3.42. The summed E-state index contributed by atoms with van der Waals surface area (Å²) in [6.07, 6.45) is 1.89. The van der Waals surface area contributed by atoms with Crippen molar-refractivity contribution in [2.45, 2.75) is 30.8 Å². The van der Waals surface area contributed by atoms with Gasteiger partial charge in [-0.3, -0.25) is 4.79 Å². The second kappa shape index (κ2) is 6.20. The van der Waals surface area contributed by atoms with Crippen molar-refractivity contribution in [1.29, 1.82) is 0 Å². The van der Waals surface area contributed by atoms with Gasteiger partial charge < -0.3 is 14.4 Å². The van der Waals surface area contributed by atoms with E-state index in [1.54, 1.807) is 32.1 Å². The van der Waals surface area contributed by atoms with E-state index in [0.29, 0.717) is 13.1 Å². The minimum Gasteiger partial charge on any atom is -0.464 e. The van der Waals surface area contributed by atoms with E-state index in [9.17, 15) is 9.90 Å². The van der Waals surface area contributed by atoms with Crippen molar-refractivity contribution in [3.8, 4) is 0 Å². The van der Waals surface area contributed by atoms with Gasteiger partial charge in [0.05, 0.1) is 18.3 Å². The molecule has 25 heavy (non-hydrogen) atoms. The monoisotopic (exact) mass is 358 g/mol. The van der Waals surface area contributed by atoms with Crippen molar-refractivity contribution in [1.82, 2.24) is 9.21 Å². The lowest BCUT2D eigenvalue weighted by atomic mass is 10.1. The zero-order chi connectivity index (χ0) is 17.6. The molecule has 2 aliphatic heterocycles. The summed E-state index contributed by atoms with van der Waals surface area (Å²) in [5.74, 6) is 0.0338. The minimum atomic E-state index is -0.947. The van der Waals surface area contributed by atoms with Crippen LogP contribution in [-0.4, -0.2) is 52.0 Å². The second-order valence-electron chi connectivity index (χ2n) is 7.46. The summed E-state index contributed by atoms with van der Waals surface area (Å²) in [4.78, 5) is 15.3. The van der Waals surface area contributed by atoms with Crippen LogP contribution in [0.15, 0.2) is 51.0 Å². The number of nitrogens with zero attached hydrogens (tertiary/aromatic N) is 2. The van der Waals surface area contributed by atoms with E-state index >= 15 is 0 Å². The highest BCUT2D eigenvalue weighted by Gasteiger charge is 2.33. The largest absolute Gasteiger partial charge is 0.464 e. The molecule has 0 bridgehead atoms. The SMILES string of the molecule is CC(C)(O)CC(=O)N1CC2=C(CN(Sc3ccc4occc4c3)C2)C1. The van der Waals surface area contributed by atoms with E-state index in [4.69, 9.17) is 4.42 Å². The molecule has 1 amide bonds. The summed E-state index contributed by atoms with van der Waals surface area (Å²) >= 11 is 1.75. The van der Waals surface area contributed by atoms with E-state index < -0.39 is 5.60 Å². The molecule has 132 valence electrons. The molecule has 4 rings (SSSR count). The summed E-state index contributed by atoms with van der Waals surface area (Å²) < 4.78 is 7.72. The Kier molecular flexibility index (Phi) is 4.14. The number of carbonyl (C=O) groups excluding carboxylic acids is 1. The van der Waals surface area contributed by atoms with E-state index in [0.717, 1.165) is 24.1 Å². The number of fused-ring (bicyclic) bond motifs is 1. The van der Waals surface area contributed by atoms with Gasteiger partial charge in [0, 0.05) is 36.5 Å². The lowest BCUT2D eigenvalue weighted by Crippen LogP contribution is -2.37. The predicted octanol–water partition coefficient (Wildman–Crippen LogP) is 3.06. The summed E-state index contributed by atoms with van der Waals surface area (Å²) in [6.45, 7) is 6.52. The molecule has 0 saturated heterocycles. The van der Waals surface area contributed by atoms with Gasteiger partial charge >= 0.3 is 0 Å². The van der Waals surface area contributed by atoms with Gasteiger partial charge in [-0.05, 0) is 61.2 Å². The molecule has 0 fully saturated rings. The molecular weight excluding hydrogens is 336 g/mol. The number of carbonyl (C=O) groups is 1. The lowest BCUT2D eigenvalue weighted by Gasteiger charge is -2.25. The molecule has 3 heterocycles. The van der Waals surface area contributed by atoms with Crippen molar-refractivity contribution >= 4 is 28.8 Å². The molecule has 0 aliphatic carbocycles. The molecule has 1 aromatic heterocycles. The van der Waals surface area contributed by atoms with Crippen LogP contribution in [-0.2, 0) is 4.79 Å². The van der Waals surface area contributed by atoms with Gasteiger partial charge in [0.25, 0.3) is 0 Å². The first kappa shape index (κ1) is 16.7. The van der Waals surface area contributed by atoms with Crippen molar-refractivity contribution in [3.05, 3.63) is 41.7 Å². The Hall–Kier alpha value is -1.76. The fourth-order valence-corrected chi connectivity index (χ4v) is 4.47. The van der Waals surface area contributed by atoms with Gasteiger partial charge in [0.15, 0.2) is 0 Å². The number of furan rings is 1. The summed E-state index contributed by atoms with van der Waals surface area (Å²) in [5, 5.41) is 11.0. The van der Waals surface area contributed by atoms with Crippen molar-refractivity contribution in [2.24, 2.45) is 0 Å². The van der Waals surface area contributed by atoms with Crippen LogP contribution in [0.1, 0.15) is 20.3 Å². The van der Waals surface area contributed by atoms with Gasteiger partial charge in [-0.2, -0.15) is 0 Å². The molecule has 0 saturated carbocycles. The Morgan fingerprint density at radius 1 is 1.20 bits per heavy atom. The van der Waals surface area contributed by atoms with E-state index in [2.05, 4.69) is 16.4 Å². The minimum absolute atomic E-state index is 0.0338. The summed E-state index contributed by atoms with van der Waals surface area (Å²) in [6, 6.07) is 8.21. The maximum absolute atomic E-state index is 12.3. The number of benzene rings is 1. The van der Waals surface area contributed by atoms with Crippen LogP contribution in [0.5, 0.6) is 0 Å². The van der Waals surface area contributed by atoms with Crippen molar-refractivity contribution in [2.75, 3.05) is 26.2 Å². The van der Waals surface area contributed by atoms with Gasteiger partial charge in [-0.1, -0.05) is 0 Å². The highest BCUT2D eigenvalue weighted by molar-refractivity contribution is 7.97. The number of amides is 1. The van der Waals surface area contributed by atoms with E-state index in [-0.39, 0.29) is 12.3 Å². The van der Waals surface area contributed by atoms with Crippen LogP contribution in [0, 0.1) is 0 Å². The Labute approximate surface area is 151 Å². The Balaban J connectivity index is 1.34. The standard InChI is InChI=1S/C19H22N2O3S/c1-19(2,23)8-18(22)20-9-14-11-21(12-15(14)10-20)25-16-3-4-17-13(7-16)5-6-24-17/h3-7,23H,8-12H2,1-2H3. The van der Waals surface area contributed by atoms with Gasteiger partial charge in [0.2, 0.25) is 5.91 Å². The van der Waals surface area contributed by atoms with E-state index in [1.165, 1.54) is 16.0 Å². The molecule has 1 N–H and O–H groups in total. The second-order valence-corrected chi connectivity index (χ2v) is 8.63. The molecule has 2 aromatic rings. The third-order valence-corrected chi connectivity index (χ3v) is 5.57. The highest BCUT2D eigenvalue weighted by atomic mass is 32.2. The van der Waals surface area contributed by atoms with Crippen LogP contribution >= 0.6 is 11.9 Å². The molecule has 0 radical (unpaired) electrons. The average Bonchev–Trinajstić information content (AvgIpc) is 3.18. The first-order chi connectivity index (χ1) is 11.9. The molecule has 6 heteroatoms. The first-order valence-electron chi connectivity index (χ1n) is 8.47. The van der Waals surface area contributed by atoms with Crippen LogP contribution in [0.2, 0.25) is 0 Å². The zero-order valence-electron chi connectivity index (χ0n) is 14.5. The molecular formula is C19H22N2O3S. The molecule has 0 spiro atoms. The topological polar surface area (TPSA) is 56.9 Å². The lowest BCUT2D eigenvalue weighted by molar-refractivity contribution is -0.134. The fraction of sp³-hybridized carbons (Fsp3) is 0.421. The molecule has 0 unspecified atom stereocenters. The first-order valence-corrected chi connectivity index (χ1v) is 9.25. The Bertz CT molecular complexity index is 832. The van der Waals surface area contributed by atoms with Crippen LogP contribution < -0.4 is 0 Å². The van der Waals surface area contributed by atoms with Crippen LogP contribution in [0.3, 0.4) is 0 Å². The Morgan fingerprint density at radius 3 is 2.60 bits per heavy atom. The zero-order valence-corrected chi connectivity index (χ0v) is 15.3. The normalized spacial score (nSPS) is 18.4. The number of hydrogen-bond acceptors (Lipinski definition) is 5. The third-order valence-electron chi connectivity index (χ3n) is 4.59. The third kappa shape index (κ3) is 3.61. The molecule has 2 aliphatic rings. The number of rotatable bonds is 4. The molecule has 0 atom stereocenters. The maximum atomic E-state index is 12.3. The highest BCUT2D eigenvalue weighted by Crippen LogP contribution is 2.34. The molecule has 5 nitrogen and oxygen atoms in total. The number of aliphatic hydroxyl groups is 1. The van der Waals surface area contributed by atoms with Crippen LogP contribution in [0.4, 0.5) is 0 Å². The summed E-state index contributed by atoms with van der Waals surface area (Å²) in [7, 11) is 0. The average molecular weight is 358 g/mol.